The number of benzene rings is 3. The maximum absolute atomic E-state index is 13.0. The summed E-state index contributed by atoms with van der Waals surface area (Å²) >= 11 is 0. The largest absolute Gasteiger partial charge is 0.416 e. The predicted molar refractivity (Wildman–Crippen MR) is 147 cm³/mol. The molecule has 4 rings (SSSR count). The second kappa shape index (κ2) is 11.4. The van der Waals surface area contributed by atoms with Gasteiger partial charge in [-0.15, -0.1) is 0 Å². The summed E-state index contributed by atoms with van der Waals surface area (Å²) in [5.74, 6) is 0.244. The molecule has 208 valence electrons. The van der Waals surface area contributed by atoms with E-state index in [-0.39, 0.29) is 35.1 Å². The normalized spacial score (nSPS) is 18.0. The lowest BCUT2D eigenvalue weighted by molar-refractivity contribution is -0.137. The van der Waals surface area contributed by atoms with Gasteiger partial charge in [-0.05, 0) is 72.0 Å². The summed E-state index contributed by atoms with van der Waals surface area (Å²) < 4.78 is 62.9. The second-order valence-corrected chi connectivity index (χ2v) is 12.6. The molecule has 2 atom stereocenters. The summed E-state index contributed by atoms with van der Waals surface area (Å²) in [5.41, 5.74) is 2.52. The highest BCUT2D eigenvalue weighted by Crippen LogP contribution is 2.39. The molecule has 3 aromatic rings. The Labute approximate surface area is 228 Å². The number of nitrogens with one attached hydrogen (secondary N) is 1. The van der Waals surface area contributed by atoms with Crippen molar-refractivity contribution in [2.24, 2.45) is 5.92 Å². The molecule has 1 fully saturated rings. The Morgan fingerprint density at radius 3 is 2.13 bits per heavy atom. The molecule has 1 amide bonds. The number of alkyl halides is 3. The van der Waals surface area contributed by atoms with E-state index in [0.29, 0.717) is 18.0 Å². The van der Waals surface area contributed by atoms with Gasteiger partial charge in [-0.2, -0.15) is 13.2 Å². The van der Waals surface area contributed by atoms with Crippen molar-refractivity contribution in [2.45, 2.75) is 56.8 Å². The van der Waals surface area contributed by atoms with Gasteiger partial charge in [-0.3, -0.25) is 4.79 Å². The summed E-state index contributed by atoms with van der Waals surface area (Å²) in [5, 5.41) is 2.87. The zero-order chi connectivity index (χ0) is 28.4. The van der Waals surface area contributed by atoms with Gasteiger partial charge in [0.1, 0.15) is 0 Å². The fraction of sp³-hybridized carbons (Fsp3) is 0.367. The lowest BCUT2D eigenvalue weighted by Crippen LogP contribution is -2.33. The average molecular weight is 559 g/mol. The molecule has 1 unspecified atom stereocenters. The molecular formula is C30H33F3N2O3S. The third kappa shape index (κ3) is 6.64. The Balaban J connectivity index is 1.41. The molecule has 0 spiro atoms. The van der Waals surface area contributed by atoms with E-state index < -0.39 is 21.6 Å². The fourth-order valence-electron chi connectivity index (χ4n) is 5.05. The molecule has 39 heavy (non-hydrogen) atoms. The summed E-state index contributed by atoms with van der Waals surface area (Å²) in [4.78, 5) is 15.3. The van der Waals surface area contributed by atoms with Gasteiger partial charge in [0.05, 0.1) is 16.2 Å². The molecule has 0 saturated carbocycles. The number of halogens is 3. The van der Waals surface area contributed by atoms with Crippen molar-refractivity contribution in [3.63, 3.8) is 0 Å². The summed E-state index contributed by atoms with van der Waals surface area (Å²) in [6, 6.07) is 19.5. The first kappa shape index (κ1) is 28.7. The number of sulfone groups is 1. The van der Waals surface area contributed by atoms with Crippen molar-refractivity contribution in [1.29, 1.82) is 0 Å². The van der Waals surface area contributed by atoms with Gasteiger partial charge in [0.15, 0.2) is 9.84 Å². The number of rotatable bonds is 8. The lowest BCUT2D eigenvalue weighted by atomic mass is 9.92. The molecule has 3 aromatic carbocycles. The SMILES string of the molecule is CCS(=O)(=O)c1ccc(CNC(=O)c2ccc(N3CC(c4ccc(C(F)(F)F)cc4)C[C@H]3C(C)C)cc2)cc1. The summed E-state index contributed by atoms with van der Waals surface area (Å²) in [7, 11) is -3.27. The van der Waals surface area contributed by atoms with E-state index >= 15 is 0 Å². The van der Waals surface area contributed by atoms with Gasteiger partial charge in [0.2, 0.25) is 0 Å². The van der Waals surface area contributed by atoms with Crippen molar-refractivity contribution in [3.05, 3.63) is 95.1 Å². The number of hydrogen-bond acceptors (Lipinski definition) is 4. The Morgan fingerprint density at radius 2 is 1.59 bits per heavy atom. The topological polar surface area (TPSA) is 66.5 Å². The van der Waals surface area contributed by atoms with Crippen LogP contribution in [0.3, 0.4) is 0 Å². The van der Waals surface area contributed by atoms with E-state index in [2.05, 4.69) is 24.1 Å². The van der Waals surface area contributed by atoms with Crippen LogP contribution in [-0.4, -0.2) is 32.7 Å². The zero-order valence-corrected chi connectivity index (χ0v) is 23.0. The highest BCUT2D eigenvalue weighted by molar-refractivity contribution is 7.91. The quantitative estimate of drug-likeness (QED) is 0.345. The van der Waals surface area contributed by atoms with Crippen LogP contribution in [0.25, 0.3) is 0 Å². The van der Waals surface area contributed by atoms with E-state index in [9.17, 15) is 26.4 Å². The Hall–Kier alpha value is -3.33. The van der Waals surface area contributed by atoms with E-state index in [1.54, 1.807) is 55.5 Å². The monoisotopic (exact) mass is 558 g/mol. The second-order valence-electron chi connectivity index (χ2n) is 10.3. The number of hydrogen-bond donors (Lipinski definition) is 1. The lowest BCUT2D eigenvalue weighted by Gasteiger charge is -2.29. The fourth-order valence-corrected chi connectivity index (χ4v) is 5.93. The van der Waals surface area contributed by atoms with Gasteiger partial charge in [0, 0.05) is 36.3 Å². The van der Waals surface area contributed by atoms with Crippen LogP contribution in [-0.2, 0) is 22.6 Å². The Kier molecular flexibility index (Phi) is 8.39. The van der Waals surface area contributed by atoms with Crippen LogP contribution in [0.1, 0.15) is 60.2 Å². The van der Waals surface area contributed by atoms with Gasteiger partial charge in [0.25, 0.3) is 5.91 Å². The number of anilines is 1. The molecule has 1 N–H and O–H groups in total. The molecule has 1 saturated heterocycles. The van der Waals surface area contributed by atoms with Crippen molar-refractivity contribution in [1.82, 2.24) is 5.32 Å². The van der Waals surface area contributed by atoms with Gasteiger partial charge >= 0.3 is 6.18 Å². The van der Waals surface area contributed by atoms with Crippen molar-refractivity contribution < 1.29 is 26.4 Å². The van der Waals surface area contributed by atoms with Crippen LogP contribution < -0.4 is 10.2 Å². The van der Waals surface area contributed by atoms with Crippen molar-refractivity contribution in [3.8, 4) is 0 Å². The number of carbonyl (C=O) groups excluding carboxylic acids is 1. The molecule has 0 aromatic heterocycles. The third-order valence-electron chi connectivity index (χ3n) is 7.40. The predicted octanol–water partition coefficient (Wildman–Crippen LogP) is 6.45. The highest BCUT2D eigenvalue weighted by Gasteiger charge is 2.36. The molecule has 9 heteroatoms. The summed E-state index contributed by atoms with van der Waals surface area (Å²) in [6.45, 7) is 6.82. The molecular weight excluding hydrogens is 525 g/mol. The smallest absolute Gasteiger partial charge is 0.368 e. The van der Waals surface area contributed by atoms with Crippen molar-refractivity contribution >= 4 is 21.4 Å². The number of amides is 1. The Morgan fingerprint density at radius 1 is 0.974 bits per heavy atom. The molecule has 1 heterocycles. The van der Waals surface area contributed by atoms with E-state index in [1.165, 1.54) is 0 Å². The molecule has 0 radical (unpaired) electrons. The minimum Gasteiger partial charge on any atom is -0.368 e. The van der Waals surface area contributed by atoms with E-state index in [0.717, 1.165) is 35.4 Å². The van der Waals surface area contributed by atoms with Gasteiger partial charge in [-0.25, -0.2) is 8.42 Å². The van der Waals surface area contributed by atoms with Crippen LogP contribution >= 0.6 is 0 Å². The minimum atomic E-state index is -4.35. The molecule has 1 aliphatic rings. The van der Waals surface area contributed by atoms with Gasteiger partial charge < -0.3 is 10.2 Å². The first-order valence-electron chi connectivity index (χ1n) is 13.0. The van der Waals surface area contributed by atoms with E-state index in [4.69, 9.17) is 0 Å². The molecule has 1 aliphatic heterocycles. The van der Waals surface area contributed by atoms with Crippen LogP contribution in [0.4, 0.5) is 18.9 Å². The van der Waals surface area contributed by atoms with Crippen LogP contribution in [0.2, 0.25) is 0 Å². The minimum absolute atomic E-state index is 0.0319. The molecule has 0 bridgehead atoms. The van der Waals surface area contributed by atoms with Crippen LogP contribution in [0, 0.1) is 5.92 Å². The standard InChI is InChI=1S/C30H33F3N2O3S/c1-4-39(37,38)27-15-5-21(6-16-27)18-34-29(36)23-9-13-26(14-10-23)35-19-24(17-28(35)20(2)3)22-7-11-25(12-8-22)30(31,32)33/h5-16,20,24,28H,4,17-19H2,1-3H3,(H,34,36)/t24?,28-/m0/s1. The average Bonchev–Trinajstić information content (AvgIpc) is 3.38. The maximum atomic E-state index is 13.0. The molecule has 0 aliphatic carbocycles. The first-order valence-corrected chi connectivity index (χ1v) is 14.7. The van der Waals surface area contributed by atoms with Crippen molar-refractivity contribution in [2.75, 3.05) is 17.2 Å². The van der Waals surface area contributed by atoms with E-state index in [1.807, 2.05) is 12.1 Å². The maximum Gasteiger partial charge on any atom is 0.416 e. The first-order chi connectivity index (χ1) is 18.4. The highest BCUT2D eigenvalue weighted by atomic mass is 32.2. The van der Waals surface area contributed by atoms with Crippen LogP contribution in [0.5, 0.6) is 0 Å². The number of carbonyl (C=O) groups is 1. The Bertz CT molecular complexity index is 1390. The molecule has 5 nitrogen and oxygen atoms in total. The van der Waals surface area contributed by atoms with Crippen LogP contribution in [0.15, 0.2) is 77.7 Å². The number of nitrogens with zero attached hydrogens (tertiary/aromatic N) is 1. The zero-order valence-electron chi connectivity index (χ0n) is 22.2. The van der Waals surface area contributed by atoms with Gasteiger partial charge in [-0.1, -0.05) is 45.0 Å². The summed E-state index contributed by atoms with van der Waals surface area (Å²) in [6.07, 6.45) is -3.51. The third-order valence-corrected chi connectivity index (χ3v) is 9.15.